The Bertz CT molecular complexity index is 121. The minimum Gasteiger partial charge on any atom is -0.468 e. The molecule has 0 aromatic heterocycles. The highest BCUT2D eigenvalue weighted by molar-refractivity contribution is 5.36. The first kappa shape index (κ1) is 11.5. The zero-order valence-corrected chi connectivity index (χ0v) is 8.54. The standard InChI is InChI=1S/C10H20O2/c1-5-9(4)10(8(2)3)6-12-7-11/h7-10H,5-6H2,1-4H3. The van der Waals surface area contributed by atoms with Crippen molar-refractivity contribution in [2.24, 2.45) is 17.8 Å². The third kappa shape index (κ3) is 3.74. The van der Waals surface area contributed by atoms with Gasteiger partial charge in [0, 0.05) is 0 Å². The summed E-state index contributed by atoms with van der Waals surface area (Å²) in [5.41, 5.74) is 0. The van der Waals surface area contributed by atoms with Crippen molar-refractivity contribution in [1.82, 2.24) is 0 Å². The van der Waals surface area contributed by atoms with Crippen LogP contribution in [0.5, 0.6) is 0 Å². The molecule has 12 heavy (non-hydrogen) atoms. The zero-order valence-electron chi connectivity index (χ0n) is 8.54. The fourth-order valence-electron chi connectivity index (χ4n) is 1.47. The van der Waals surface area contributed by atoms with Crippen LogP contribution in [0.3, 0.4) is 0 Å². The first-order valence-electron chi connectivity index (χ1n) is 4.68. The van der Waals surface area contributed by atoms with E-state index in [1.54, 1.807) is 0 Å². The van der Waals surface area contributed by atoms with Crippen LogP contribution in [0, 0.1) is 17.8 Å². The van der Waals surface area contributed by atoms with Crippen molar-refractivity contribution in [2.75, 3.05) is 6.61 Å². The van der Waals surface area contributed by atoms with Crippen LogP contribution < -0.4 is 0 Å². The molecule has 0 aliphatic rings. The quantitative estimate of drug-likeness (QED) is 0.575. The van der Waals surface area contributed by atoms with E-state index in [4.69, 9.17) is 4.74 Å². The van der Waals surface area contributed by atoms with Crippen molar-refractivity contribution in [3.05, 3.63) is 0 Å². The summed E-state index contributed by atoms with van der Waals surface area (Å²) < 4.78 is 4.80. The molecule has 0 N–H and O–H groups in total. The Labute approximate surface area is 75.3 Å². The topological polar surface area (TPSA) is 26.3 Å². The van der Waals surface area contributed by atoms with Gasteiger partial charge < -0.3 is 4.74 Å². The van der Waals surface area contributed by atoms with Gasteiger partial charge in [0.1, 0.15) is 0 Å². The monoisotopic (exact) mass is 172 g/mol. The maximum atomic E-state index is 10.0. The molecule has 0 saturated heterocycles. The second-order valence-corrected chi connectivity index (χ2v) is 3.72. The van der Waals surface area contributed by atoms with Crippen LogP contribution in [0.2, 0.25) is 0 Å². The van der Waals surface area contributed by atoms with Crippen molar-refractivity contribution in [1.29, 1.82) is 0 Å². The molecule has 0 radical (unpaired) electrons. The number of hydrogen-bond acceptors (Lipinski definition) is 2. The fraction of sp³-hybridized carbons (Fsp3) is 0.900. The Morgan fingerprint density at radius 2 is 1.92 bits per heavy atom. The average Bonchev–Trinajstić information content (AvgIpc) is 2.04. The molecule has 0 aromatic rings. The molecule has 0 aliphatic heterocycles. The lowest BCUT2D eigenvalue weighted by Crippen LogP contribution is -2.22. The van der Waals surface area contributed by atoms with Gasteiger partial charge >= 0.3 is 0 Å². The molecule has 72 valence electrons. The highest BCUT2D eigenvalue weighted by Gasteiger charge is 2.19. The van der Waals surface area contributed by atoms with E-state index in [0.717, 1.165) is 6.42 Å². The Kier molecular flexibility index (Phi) is 5.77. The molecule has 0 bridgehead atoms. The van der Waals surface area contributed by atoms with Crippen LogP contribution in [0.4, 0.5) is 0 Å². The minimum atomic E-state index is 0.500. The summed E-state index contributed by atoms with van der Waals surface area (Å²) >= 11 is 0. The van der Waals surface area contributed by atoms with Crippen molar-refractivity contribution >= 4 is 6.47 Å². The summed E-state index contributed by atoms with van der Waals surface area (Å²) in [4.78, 5) is 10.0. The molecule has 0 rings (SSSR count). The number of carbonyl (C=O) groups excluding carboxylic acids is 1. The summed E-state index contributed by atoms with van der Waals surface area (Å²) in [7, 11) is 0. The van der Waals surface area contributed by atoms with E-state index >= 15 is 0 Å². The molecule has 2 atom stereocenters. The first-order chi connectivity index (χ1) is 5.63. The van der Waals surface area contributed by atoms with Gasteiger partial charge in [-0.2, -0.15) is 0 Å². The summed E-state index contributed by atoms with van der Waals surface area (Å²) in [5, 5.41) is 0. The Hall–Kier alpha value is -0.530. The predicted octanol–water partition coefficient (Wildman–Crippen LogP) is 2.48. The zero-order chi connectivity index (χ0) is 9.56. The molecule has 2 unspecified atom stereocenters. The summed E-state index contributed by atoms with van der Waals surface area (Å²) in [6, 6.07) is 0. The Morgan fingerprint density at radius 3 is 2.25 bits per heavy atom. The minimum absolute atomic E-state index is 0.500. The number of rotatable bonds is 6. The Morgan fingerprint density at radius 1 is 1.33 bits per heavy atom. The van der Waals surface area contributed by atoms with Gasteiger partial charge in [0.15, 0.2) is 0 Å². The Balaban J connectivity index is 3.93. The summed E-state index contributed by atoms with van der Waals surface area (Å²) in [6.07, 6.45) is 1.14. The van der Waals surface area contributed by atoms with Crippen molar-refractivity contribution in [3.63, 3.8) is 0 Å². The van der Waals surface area contributed by atoms with Crippen LogP contribution in [-0.2, 0) is 9.53 Å². The van der Waals surface area contributed by atoms with Gasteiger partial charge in [0.25, 0.3) is 6.47 Å². The molecule has 0 saturated carbocycles. The normalized spacial score (nSPS) is 15.8. The second kappa shape index (κ2) is 6.04. The van der Waals surface area contributed by atoms with Gasteiger partial charge in [-0.3, -0.25) is 4.79 Å². The molecular formula is C10H20O2. The number of ether oxygens (including phenoxy) is 1. The molecule has 0 heterocycles. The van der Waals surface area contributed by atoms with E-state index in [9.17, 15) is 4.79 Å². The molecule has 0 aromatic carbocycles. The molecule has 2 nitrogen and oxygen atoms in total. The van der Waals surface area contributed by atoms with E-state index in [1.165, 1.54) is 0 Å². The van der Waals surface area contributed by atoms with Crippen LogP contribution in [0.25, 0.3) is 0 Å². The highest BCUT2D eigenvalue weighted by Crippen LogP contribution is 2.23. The van der Waals surface area contributed by atoms with E-state index < -0.39 is 0 Å². The van der Waals surface area contributed by atoms with E-state index in [-0.39, 0.29) is 0 Å². The van der Waals surface area contributed by atoms with Gasteiger partial charge in [0.2, 0.25) is 0 Å². The summed E-state index contributed by atoms with van der Waals surface area (Å²) in [6.45, 7) is 9.82. The lowest BCUT2D eigenvalue weighted by atomic mass is 9.84. The van der Waals surface area contributed by atoms with Gasteiger partial charge in [0.05, 0.1) is 6.61 Å². The van der Waals surface area contributed by atoms with Gasteiger partial charge in [-0.15, -0.1) is 0 Å². The smallest absolute Gasteiger partial charge is 0.293 e. The maximum Gasteiger partial charge on any atom is 0.293 e. The largest absolute Gasteiger partial charge is 0.468 e. The van der Waals surface area contributed by atoms with Gasteiger partial charge in [-0.1, -0.05) is 34.1 Å². The average molecular weight is 172 g/mol. The molecule has 2 heteroatoms. The van der Waals surface area contributed by atoms with Gasteiger partial charge in [-0.05, 0) is 17.8 Å². The van der Waals surface area contributed by atoms with Gasteiger partial charge in [-0.25, -0.2) is 0 Å². The lowest BCUT2D eigenvalue weighted by Gasteiger charge is -2.25. The van der Waals surface area contributed by atoms with Crippen LogP contribution in [-0.4, -0.2) is 13.1 Å². The molecule has 0 amide bonds. The lowest BCUT2D eigenvalue weighted by molar-refractivity contribution is -0.131. The van der Waals surface area contributed by atoms with Crippen LogP contribution in [0.15, 0.2) is 0 Å². The maximum absolute atomic E-state index is 10.0. The third-order valence-electron chi connectivity index (χ3n) is 2.59. The molecule has 0 spiro atoms. The van der Waals surface area contributed by atoms with Crippen LogP contribution in [0.1, 0.15) is 34.1 Å². The molecule has 0 aliphatic carbocycles. The van der Waals surface area contributed by atoms with Crippen molar-refractivity contribution in [3.8, 4) is 0 Å². The van der Waals surface area contributed by atoms with Crippen molar-refractivity contribution < 1.29 is 9.53 Å². The van der Waals surface area contributed by atoms with E-state index in [2.05, 4.69) is 27.7 Å². The van der Waals surface area contributed by atoms with Crippen LogP contribution >= 0.6 is 0 Å². The number of carbonyl (C=O) groups is 1. The second-order valence-electron chi connectivity index (χ2n) is 3.72. The molecule has 0 fully saturated rings. The highest BCUT2D eigenvalue weighted by atomic mass is 16.5. The predicted molar refractivity (Wildman–Crippen MR) is 49.8 cm³/mol. The fourth-order valence-corrected chi connectivity index (χ4v) is 1.47. The van der Waals surface area contributed by atoms with E-state index in [1.807, 2.05) is 0 Å². The SMILES string of the molecule is CCC(C)C(COC=O)C(C)C. The first-order valence-corrected chi connectivity index (χ1v) is 4.68. The third-order valence-corrected chi connectivity index (χ3v) is 2.59. The molecular weight excluding hydrogens is 152 g/mol. The number of hydrogen-bond donors (Lipinski definition) is 0. The van der Waals surface area contributed by atoms with Crippen molar-refractivity contribution in [2.45, 2.75) is 34.1 Å². The van der Waals surface area contributed by atoms with E-state index in [0.29, 0.717) is 30.8 Å². The summed E-state index contributed by atoms with van der Waals surface area (Å²) in [5.74, 6) is 1.71.